The average Bonchev–Trinajstić information content (AvgIpc) is 2.19. The van der Waals surface area contributed by atoms with Gasteiger partial charge in [0, 0.05) is 19.7 Å². The van der Waals surface area contributed by atoms with Crippen LogP contribution in [0.2, 0.25) is 0 Å². The third-order valence-electron chi connectivity index (χ3n) is 2.80. The van der Waals surface area contributed by atoms with Gasteiger partial charge in [-0.25, -0.2) is 0 Å². The maximum atomic E-state index is 5.65. The maximum Gasteiger partial charge on any atom is 0.0699 e. The minimum atomic E-state index is 0.203. The van der Waals surface area contributed by atoms with E-state index in [0.29, 0.717) is 6.10 Å². The smallest absolute Gasteiger partial charge is 0.0699 e. The summed E-state index contributed by atoms with van der Waals surface area (Å²) >= 11 is 0. The number of rotatable bonds is 5. The Morgan fingerprint density at radius 1 is 1.43 bits per heavy atom. The number of ether oxygens (including phenoxy) is 1. The molecule has 0 aromatic heterocycles. The SMILES string of the molecule is CC(C)(CN)CNCC1CCCCO1. The zero-order chi connectivity index (χ0) is 10.4. The first kappa shape index (κ1) is 12.0. The van der Waals surface area contributed by atoms with Crippen LogP contribution in [-0.2, 0) is 4.74 Å². The van der Waals surface area contributed by atoms with Crippen molar-refractivity contribution in [3.63, 3.8) is 0 Å². The molecule has 0 aliphatic carbocycles. The molecule has 1 saturated heterocycles. The van der Waals surface area contributed by atoms with Crippen LogP contribution in [-0.4, -0.2) is 32.3 Å². The molecular formula is C11H24N2O. The lowest BCUT2D eigenvalue weighted by molar-refractivity contribution is 0.0159. The zero-order valence-corrected chi connectivity index (χ0v) is 9.51. The van der Waals surface area contributed by atoms with E-state index >= 15 is 0 Å². The first-order valence-electron chi connectivity index (χ1n) is 5.66. The molecular weight excluding hydrogens is 176 g/mol. The summed E-state index contributed by atoms with van der Waals surface area (Å²) in [6, 6.07) is 0. The topological polar surface area (TPSA) is 47.3 Å². The highest BCUT2D eigenvalue weighted by molar-refractivity contribution is 4.74. The van der Waals surface area contributed by atoms with Gasteiger partial charge in [0.25, 0.3) is 0 Å². The predicted molar refractivity (Wildman–Crippen MR) is 59.3 cm³/mol. The molecule has 1 aliphatic heterocycles. The monoisotopic (exact) mass is 200 g/mol. The Hall–Kier alpha value is -0.120. The van der Waals surface area contributed by atoms with Gasteiger partial charge in [-0.05, 0) is 31.2 Å². The highest BCUT2D eigenvalue weighted by Gasteiger charge is 2.17. The average molecular weight is 200 g/mol. The van der Waals surface area contributed by atoms with Crippen molar-refractivity contribution in [1.29, 1.82) is 0 Å². The van der Waals surface area contributed by atoms with E-state index in [1.165, 1.54) is 19.3 Å². The van der Waals surface area contributed by atoms with Gasteiger partial charge < -0.3 is 15.8 Å². The maximum absolute atomic E-state index is 5.65. The number of nitrogens with two attached hydrogens (primary N) is 1. The van der Waals surface area contributed by atoms with Crippen LogP contribution in [0.25, 0.3) is 0 Å². The van der Waals surface area contributed by atoms with Gasteiger partial charge in [-0.1, -0.05) is 13.8 Å². The molecule has 0 aromatic rings. The van der Waals surface area contributed by atoms with Crippen molar-refractivity contribution in [3.8, 4) is 0 Å². The number of hydrogen-bond acceptors (Lipinski definition) is 3. The Kier molecular flexibility index (Phi) is 4.85. The molecule has 1 rings (SSSR count). The van der Waals surface area contributed by atoms with Crippen LogP contribution in [0.1, 0.15) is 33.1 Å². The fourth-order valence-electron chi connectivity index (χ4n) is 1.61. The van der Waals surface area contributed by atoms with Crippen LogP contribution in [0.15, 0.2) is 0 Å². The number of hydrogen-bond donors (Lipinski definition) is 2. The zero-order valence-electron chi connectivity index (χ0n) is 9.51. The molecule has 1 fully saturated rings. The first-order valence-corrected chi connectivity index (χ1v) is 5.66. The predicted octanol–water partition coefficient (Wildman–Crippen LogP) is 1.13. The molecule has 1 unspecified atom stereocenters. The molecule has 84 valence electrons. The van der Waals surface area contributed by atoms with Gasteiger partial charge in [0.05, 0.1) is 6.10 Å². The molecule has 0 saturated carbocycles. The summed E-state index contributed by atoms with van der Waals surface area (Å²) in [6.07, 6.45) is 4.17. The highest BCUT2D eigenvalue weighted by atomic mass is 16.5. The van der Waals surface area contributed by atoms with Crippen molar-refractivity contribution < 1.29 is 4.74 Å². The van der Waals surface area contributed by atoms with E-state index in [0.717, 1.165) is 26.2 Å². The Labute approximate surface area is 87.4 Å². The third kappa shape index (κ3) is 4.40. The molecule has 0 amide bonds. The van der Waals surface area contributed by atoms with Crippen LogP contribution in [0.4, 0.5) is 0 Å². The summed E-state index contributed by atoms with van der Waals surface area (Å²) in [5, 5.41) is 3.44. The lowest BCUT2D eigenvalue weighted by atomic mass is 9.94. The minimum absolute atomic E-state index is 0.203. The van der Waals surface area contributed by atoms with E-state index < -0.39 is 0 Å². The van der Waals surface area contributed by atoms with E-state index in [1.807, 2.05) is 0 Å². The second-order valence-electron chi connectivity index (χ2n) is 4.99. The molecule has 1 heterocycles. The van der Waals surface area contributed by atoms with Crippen molar-refractivity contribution in [2.24, 2.45) is 11.1 Å². The summed E-state index contributed by atoms with van der Waals surface area (Å²) in [7, 11) is 0. The standard InChI is InChI=1S/C11H24N2O/c1-11(2,8-12)9-13-7-10-5-3-4-6-14-10/h10,13H,3-9,12H2,1-2H3. The Balaban J connectivity index is 2.08. The van der Waals surface area contributed by atoms with Gasteiger partial charge >= 0.3 is 0 Å². The molecule has 0 aromatic carbocycles. The lowest BCUT2D eigenvalue weighted by Crippen LogP contribution is -2.40. The summed E-state index contributed by atoms with van der Waals surface area (Å²) in [4.78, 5) is 0. The molecule has 3 heteroatoms. The number of nitrogens with one attached hydrogen (secondary N) is 1. The fraction of sp³-hybridized carbons (Fsp3) is 1.00. The van der Waals surface area contributed by atoms with E-state index in [9.17, 15) is 0 Å². The van der Waals surface area contributed by atoms with Crippen molar-refractivity contribution in [2.45, 2.75) is 39.2 Å². The van der Waals surface area contributed by atoms with Crippen molar-refractivity contribution in [2.75, 3.05) is 26.2 Å². The summed E-state index contributed by atoms with van der Waals surface area (Å²) < 4.78 is 5.63. The van der Waals surface area contributed by atoms with Crippen molar-refractivity contribution in [3.05, 3.63) is 0 Å². The van der Waals surface area contributed by atoms with Crippen molar-refractivity contribution in [1.82, 2.24) is 5.32 Å². The van der Waals surface area contributed by atoms with E-state index in [2.05, 4.69) is 19.2 Å². The molecule has 1 aliphatic rings. The van der Waals surface area contributed by atoms with Crippen molar-refractivity contribution >= 4 is 0 Å². The Bertz CT molecular complexity index is 153. The van der Waals surface area contributed by atoms with Crippen LogP contribution >= 0.6 is 0 Å². The molecule has 0 spiro atoms. The van der Waals surface area contributed by atoms with Crippen LogP contribution in [0.3, 0.4) is 0 Å². The van der Waals surface area contributed by atoms with E-state index in [4.69, 9.17) is 10.5 Å². The van der Waals surface area contributed by atoms with Gasteiger partial charge in [0.2, 0.25) is 0 Å². The quantitative estimate of drug-likeness (QED) is 0.699. The summed E-state index contributed by atoms with van der Waals surface area (Å²) in [5.74, 6) is 0. The van der Waals surface area contributed by atoms with Gasteiger partial charge in [-0.2, -0.15) is 0 Å². The Morgan fingerprint density at radius 2 is 2.21 bits per heavy atom. The van der Waals surface area contributed by atoms with Crippen LogP contribution in [0, 0.1) is 5.41 Å². The molecule has 14 heavy (non-hydrogen) atoms. The normalized spacial score (nSPS) is 23.8. The molecule has 0 bridgehead atoms. The summed E-state index contributed by atoms with van der Waals surface area (Å²) in [6.45, 7) is 7.98. The fourth-order valence-corrected chi connectivity index (χ4v) is 1.61. The Morgan fingerprint density at radius 3 is 2.79 bits per heavy atom. The van der Waals surface area contributed by atoms with Gasteiger partial charge in [0.15, 0.2) is 0 Å². The van der Waals surface area contributed by atoms with Gasteiger partial charge in [0.1, 0.15) is 0 Å². The minimum Gasteiger partial charge on any atom is -0.377 e. The summed E-state index contributed by atoms with van der Waals surface area (Å²) in [5.41, 5.74) is 5.86. The molecule has 0 radical (unpaired) electrons. The second-order valence-corrected chi connectivity index (χ2v) is 4.99. The van der Waals surface area contributed by atoms with Gasteiger partial charge in [-0.3, -0.25) is 0 Å². The highest BCUT2D eigenvalue weighted by Crippen LogP contribution is 2.13. The van der Waals surface area contributed by atoms with E-state index in [1.54, 1.807) is 0 Å². The largest absolute Gasteiger partial charge is 0.377 e. The van der Waals surface area contributed by atoms with Crippen LogP contribution < -0.4 is 11.1 Å². The molecule has 3 nitrogen and oxygen atoms in total. The molecule has 3 N–H and O–H groups in total. The lowest BCUT2D eigenvalue weighted by Gasteiger charge is -2.26. The first-order chi connectivity index (χ1) is 6.64. The third-order valence-corrected chi connectivity index (χ3v) is 2.80. The second kappa shape index (κ2) is 5.69. The molecule has 1 atom stereocenters. The van der Waals surface area contributed by atoms with Gasteiger partial charge in [-0.15, -0.1) is 0 Å². The van der Waals surface area contributed by atoms with Crippen LogP contribution in [0.5, 0.6) is 0 Å². The van der Waals surface area contributed by atoms with E-state index in [-0.39, 0.29) is 5.41 Å².